The Morgan fingerprint density at radius 2 is 2.08 bits per heavy atom. The highest BCUT2D eigenvalue weighted by Gasteiger charge is 2.19. The molecule has 2 heteroatoms. The largest absolute Gasteiger partial charge is 0.249 e. The lowest BCUT2D eigenvalue weighted by Gasteiger charge is -2.03. The Hall–Kier alpha value is -0.370. The fraction of sp³-hybridized carbons (Fsp3) is 0.727. The van der Waals surface area contributed by atoms with Gasteiger partial charge in [0.15, 0.2) is 0 Å². The molecule has 0 radical (unpaired) electrons. The topological polar surface area (TPSA) is 12.9 Å². The molecular weight excluding hydrogens is 178 g/mol. The van der Waals surface area contributed by atoms with Crippen molar-refractivity contribution in [3.05, 3.63) is 16.1 Å². The van der Waals surface area contributed by atoms with Crippen LogP contribution in [-0.2, 0) is 0 Å². The summed E-state index contributed by atoms with van der Waals surface area (Å²) in [5, 5.41) is 1.31. The summed E-state index contributed by atoms with van der Waals surface area (Å²) < 4.78 is 0. The molecule has 0 saturated heterocycles. The van der Waals surface area contributed by atoms with Crippen molar-refractivity contribution in [1.82, 2.24) is 4.98 Å². The maximum absolute atomic E-state index is 4.48. The Bertz CT molecular complexity index is 271. The smallest absolute Gasteiger partial charge is 0.0953 e. The molecule has 0 amide bonds. The second-order valence-electron chi connectivity index (χ2n) is 4.24. The number of nitrogens with zero attached hydrogens (tertiary/aromatic N) is 1. The summed E-state index contributed by atoms with van der Waals surface area (Å²) in [6.45, 7) is 4.44. The SMILES string of the molecule is CC(C)c1ncc(C2CCCC2)s1. The highest BCUT2D eigenvalue weighted by atomic mass is 32.1. The van der Waals surface area contributed by atoms with Gasteiger partial charge in [-0.2, -0.15) is 0 Å². The zero-order valence-electron chi connectivity index (χ0n) is 8.42. The van der Waals surface area contributed by atoms with E-state index in [0.717, 1.165) is 5.92 Å². The van der Waals surface area contributed by atoms with Crippen LogP contribution in [0.2, 0.25) is 0 Å². The van der Waals surface area contributed by atoms with E-state index in [2.05, 4.69) is 25.0 Å². The van der Waals surface area contributed by atoms with Crippen LogP contribution < -0.4 is 0 Å². The summed E-state index contributed by atoms with van der Waals surface area (Å²) in [5.74, 6) is 1.44. The molecule has 0 spiro atoms. The third-order valence-electron chi connectivity index (χ3n) is 2.79. The first-order valence-corrected chi connectivity index (χ1v) is 6.04. The molecule has 0 unspecified atom stereocenters. The Balaban J connectivity index is 2.12. The quantitative estimate of drug-likeness (QED) is 0.697. The van der Waals surface area contributed by atoms with Gasteiger partial charge in [0.05, 0.1) is 5.01 Å². The lowest BCUT2D eigenvalue weighted by atomic mass is 10.1. The summed E-state index contributed by atoms with van der Waals surface area (Å²) in [4.78, 5) is 6.01. The molecule has 1 heterocycles. The summed E-state index contributed by atoms with van der Waals surface area (Å²) in [6.07, 6.45) is 7.72. The van der Waals surface area contributed by atoms with Gasteiger partial charge in [-0.15, -0.1) is 11.3 Å². The van der Waals surface area contributed by atoms with Crippen molar-refractivity contribution in [2.45, 2.75) is 51.4 Å². The van der Waals surface area contributed by atoms with Gasteiger partial charge >= 0.3 is 0 Å². The van der Waals surface area contributed by atoms with Gasteiger partial charge in [-0.05, 0) is 18.8 Å². The van der Waals surface area contributed by atoms with Gasteiger partial charge in [0, 0.05) is 17.0 Å². The second kappa shape index (κ2) is 3.79. The predicted molar refractivity (Wildman–Crippen MR) is 57.4 cm³/mol. The van der Waals surface area contributed by atoms with Crippen molar-refractivity contribution >= 4 is 11.3 Å². The molecule has 1 aliphatic carbocycles. The molecule has 2 rings (SSSR count). The van der Waals surface area contributed by atoms with Crippen LogP contribution in [0.25, 0.3) is 0 Å². The van der Waals surface area contributed by atoms with Crippen molar-refractivity contribution in [1.29, 1.82) is 0 Å². The minimum atomic E-state index is 0.597. The van der Waals surface area contributed by atoms with E-state index >= 15 is 0 Å². The van der Waals surface area contributed by atoms with E-state index in [1.54, 1.807) is 0 Å². The molecule has 1 aromatic heterocycles. The van der Waals surface area contributed by atoms with Gasteiger partial charge < -0.3 is 0 Å². The summed E-state index contributed by atoms with van der Waals surface area (Å²) >= 11 is 1.93. The molecule has 1 fully saturated rings. The highest BCUT2D eigenvalue weighted by Crippen LogP contribution is 2.37. The molecule has 13 heavy (non-hydrogen) atoms. The van der Waals surface area contributed by atoms with Crippen LogP contribution in [0, 0.1) is 0 Å². The number of hydrogen-bond acceptors (Lipinski definition) is 2. The van der Waals surface area contributed by atoms with Gasteiger partial charge in [0.25, 0.3) is 0 Å². The molecule has 1 aliphatic rings. The molecule has 1 saturated carbocycles. The molecule has 0 aromatic carbocycles. The van der Waals surface area contributed by atoms with Crippen LogP contribution in [0.3, 0.4) is 0 Å². The summed E-state index contributed by atoms with van der Waals surface area (Å²) in [5.41, 5.74) is 0. The Morgan fingerprint density at radius 1 is 1.38 bits per heavy atom. The summed E-state index contributed by atoms with van der Waals surface area (Å²) in [7, 11) is 0. The highest BCUT2D eigenvalue weighted by molar-refractivity contribution is 7.11. The number of thiazole rings is 1. The van der Waals surface area contributed by atoms with Crippen molar-refractivity contribution in [2.75, 3.05) is 0 Å². The third-order valence-corrected chi connectivity index (χ3v) is 4.25. The normalized spacial score (nSPS) is 18.7. The van der Waals surface area contributed by atoms with E-state index in [9.17, 15) is 0 Å². The van der Waals surface area contributed by atoms with Crippen molar-refractivity contribution < 1.29 is 0 Å². The average Bonchev–Trinajstić information content (AvgIpc) is 2.75. The fourth-order valence-electron chi connectivity index (χ4n) is 1.97. The maximum Gasteiger partial charge on any atom is 0.0953 e. The Kier molecular flexibility index (Phi) is 2.68. The molecular formula is C11H17NS. The number of hydrogen-bond donors (Lipinski definition) is 0. The van der Waals surface area contributed by atoms with Crippen LogP contribution in [0.1, 0.15) is 61.3 Å². The van der Waals surface area contributed by atoms with Gasteiger partial charge in [0.2, 0.25) is 0 Å². The molecule has 1 aromatic rings. The molecule has 72 valence electrons. The van der Waals surface area contributed by atoms with E-state index in [1.807, 2.05) is 11.3 Å². The fourth-order valence-corrected chi connectivity index (χ4v) is 3.06. The zero-order chi connectivity index (χ0) is 9.26. The van der Waals surface area contributed by atoms with Crippen molar-refractivity contribution in [3.63, 3.8) is 0 Å². The Labute approximate surface area is 84.2 Å². The molecule has 0 aliphatic heterocycles. The lowest BCUT2D eigenvalue weighted by molar-refractivity contribution is 0.736. The van der Waals surface area contributed by atoms with Crippen LogP contribution in [0.4, 0.5) is 0 Å². The third kappa shape index (κ3) is 1.93. The van der Waals surface area contributed by atoms with Gasteiger partial charge in [-0.1, -0.05) is 26.7 Å². The minimum Gasteiger partial charge on any atom is -0.249 e. The van der Waals surface area contributed by atoms with E-state index in [0.29, 0.717) is 5.92 Å². The molecule has 1 nitrogen and oxygen atoms in total. The predicted octanol–water partition coefficient (Wildman–Crippen LogP) is 3.92. The molecule has 0 atom stereocenters. The monoisotopic (exact) mass is 195 g/mol. The second-order valence-corrected chi connectivity index (χ2v) is 5.33. The van der Waals surface area contributed by atoms with Crippen molar-refractivity contribution in [3.8, 4) is 0 Å². The van der Waals surface area contributed by atoms with Crippen LogP contribution in [-0.4, -0.2) is 4.98 Å². The van der Waals surface area contributed by atoms with Crippen LogP contribution in [0.15, 0.2) is 6.20 Å². The number of aromatic nitrogens is 1. The minimum absolute atomic E-state index is 0.597. The lowest BCUT2D eigenvalue weighted by Crippen LogP contribution is -1.86. The van der Waals surface area contributed by atoms with E-state index < -0.39 is 0 Å². The average molecular weight is 195 g/mol. The van der Waals surface area contributed by atoms with Gasteiger partial charge in [-0.3, -0.25) is 0 Å². The van der Waals surface area contributed by atoms with Crippen LogP contribution >= 0.6 is 11.3 Å². The van der Waals surface area contributed by atoms with Crippen molar-refractivity contribution in [2.24, 2.45) is 0 Å². The molecule has 0 bridgehead atoms. The zero-order valence-corrected chi connectivity index (χ0v) is 9.23. The van der Waals surface area contributed by atoms with E-state index in [-0.39, 0.29) is 0 Å². The van der Waals surface area contributed by atoms with Gasteiger partial charge in [0.1, 0.15) is 0 Å². The van der Waals surface area contributed by atoms with Crippen LogP contribution in [0.5, 0.6) is 0 Å². The van der Waals surface area contributed by atoms with Gasteiger partial charge in [-0.25, -0.2) is 4.98 Å². The maximum atomic E-state index is 4.48. The first kappa shape index (κ1) is 9.20. The Morgan fingerprint density at radius 3 is 2.62 bits per heavy atom. The first-order valence-electron chi connectivity index (χ1n) is 5.23. The first-order chi connectivity index (χ1) is 6.27. The standard InChI is InChI=1S/C11H17NS/c1-8(2)11-12-7-10(13-11)9-5-3-4-6-9/h7-9H,3-6H2,1-2H3. The summed E-state index contributed by atoms with van der Waals surface area (Å²) in [6, 6.07) is 0. The van der Waals surface area contributed by atoms with E-state index in [4.69, 9.17) is 0 Å². The number of rotatable bonds is 2. The van der Waals surface area contributed by atoms with E-state index in [1.165, 1.54) is 35.6 Å². The molecule has 0 N–H and O–H groups in total.